The maximum atomic E-state index is 12.4. The van der Waals surface area contributed by atoms with Crippen LogP contribution in [0, 0.1) is 0 Å². The predicted octanol–water partition coefficient (Wildman–Crippen LogP) is 0.844. The van der Waals surface area contributed by atoms with Crippen molar-refractivity contribution in [1.29, 1.82) is 0 Å². The Kier molecular flexibility index (Phi) is 4.99. The zero-order chi connectivity index (χ0) is 16.9. The van der Waals surface area contributed by atoms with E-state index in [1.54, 1.807) is 20.8 Å². The molecule has 122 valence electrons. The third-order valence-electron chi connectivity index (χ3n) is 2.76. The van der Waals surface area contributed by atoms with Crippen LogP contribution in [0.2, 0.25) is 0 Å². The molecule has 1 amide bonds. The first-order chi connectivity index (χ1) is 10.8. The molecule has 0 saturated carbocycles. The highest BCUT2D eigenvalue weighted by Gasteiger charge is 2.27. The number of rotatable bonds is 4. The van der Waals surface area contributed by atoms with Crippen LogP contribution in [0.5, 0.6) is 0 Å². The zero-order valence-corrected chi connectivity index (χ0v) is 13.1. The maximum absolute atomic E-state index is 12.4. The summed E-state index contributed by atoms with van der Waals surface area (Å²) >= 11 is 0. The molecule has 23 heavy (non-hydrogen) atoms. The summed E-state index contributed by atoms with van der Waals surface area (Å²) < 4.78 is 5.19. The average molecular weight is 318 g/mol. The number of amides is 1. The Labute approximate surface area is 133 Å². The molecule has 0 radical (unpaired) electrons. The van der Waals surface area contributed by atoms with Crippen molar-refractivity contribution in [2.75, 3.05) is 0 Å². The van der Waals surface area contributed by atoms with Gasteiger partial charge in [-0.1, -0.05) is 35.1 Å². The summed E-state index contributed by atoms with van der Waals surface area (Å²) in [4.78, 5) is 25.1. The van der Waals surface area contributed by atoms with Crippen LogP contribution in [0.15, 0.2) is 30.3 Å². The summed E-state index contributed by atoms with van der Waals surface area (Å²) in [7, 11) is 0. The van der Waals surface area contributed by atoms with Gasteiger partial charge in [-0.3, -0.25) is 4.79 Å². The van der Waals surface area contributed by atoms with Gasteiger partial charge in [0.25, 0.3) is 5.91 Å². The summed E-state index contributed by atoms with van der Waals surface area (Å²) in [5.41, 5.74) is 0.201. The highest BCUT2D eigenvalue weighted by molar-refractivity contribution is 5.86. The SMILES string of the molecule is CC(C)(C)OC(=O)N[C@@H](Cc1ccccc1)C(=O)n1nnnn1. The molecule has 0 aliphatic rings. The summed E-state index contributed by atoms with van der Waals surface area (Å²) in [5.74, 6) is -0.551. The van der Waals surface area contributed by atoms with Gasteiger partial charge in [0.1, 0.15) is 11.6 Å². The van der Waals surface area contributed by atoms with Gasteiger partial charge in [0.05, 0.1) is 0 Å². The molecule has 1 N–H and O–H groups in total. The van der Waals surface area contributed by atoms with Gasteiger partial charge >= 0.3 is 6.09 Å². The Morgan fingerprint density at radius 2 is 1.78 bits per heavy atom. The maximum Gasteiger partial charge on any atom is 0.408 e. The van der Waals surface area contributed by atoms with Gasteiger partial charge in [-0.15, -0.1) is 0 Å². The third-order valence-corrected chi connectivity index (χ3v) is 2.76. The molecule has 2 rings (SSSR count). The van der Waals surface area contributed by atoms with Crippen molar-refractivity contribution < 1.29 is 14.3 Å². The van der Waals surface area contributed by atoms with Crippen molar-refractivity contribution in [2.24, 2.45) is 0 Å². The van der Waals surface area contributed by atoms with Crippen molar-refractivity contribution >= 4 is 12.0 Å². The lowest BCUT2D eigenvalue weighted by atomic mass is 10.1. The number of carbonyl (C=O) groups is 2. The molecule has 0 spiro atoms. The molecule has 1 heterocycles. The third kappa shape index (κ3) is 5.13. The first kappa shape index (κ1) is 16.5. The number of nitrogens with one attached hydrogen (secondary N) is 1. The smallest absolute Gasteiger partial charge is 0.408 e. The molecule has 0 saturated heterocycles. The van der Waals surface area contributed by atoms with Gasteiger partial charge in [0.15, 0.2) is 0 Å². The van der Waals surface area contributed by atoms with Crippen LogP contribution in [0.4, 0.5) is 4.79 Å². The molecular weight excluding hydrogens is 300 g/mol. The average Bonchev–Trinajstić information content (AvgIpc) is 2.99. The molecule has 2 aromatic rings. The van der Waals surface area contributed by atoms with E-state index >= 15 is 0 Å². The van der Waals surface area contributed by atoms with Crippen molar-refractivity contribution in [3.8, 4) is 0 Å². The molecular formula is C14H18N6O3. The van der Waals surface area contributed by atoms with Crippen molar-refractivity contribution in [2.45, 2.75) is 38.8 Å². The molecule has 1 aromatic heterocycles. The second-order valence-electron chi connectivity index (χ2n) is 5.87. The summed E-state index contributed by atoms with van der Waals surface area (Å²) in [6.07, 6.45) is -0.430. The minimum absolute atomic E-state index is 0.264. The quantitative estimate of drug-likeness (QED) is 0.889. The molecule has 0 fully saturated rings. The highest BCUT2D eigenvalue weighted by Crippen LogP contribution is 2.09. The number of aromatic nitrogens is 5. The predicted molar refractivity (Wildman–Crippen MR) is 79.5 cm³/mol. The zero-order valence-electron chi connectivity index (χ0n) is 13.1. The topological polar surface area (TPSA) is 112 Å². The Balaban J connectivity index is 2.14. The minimum atomic E-state index is -0.900. The Bertz CT molecular complexity index is 651. The fourth-order valence-electron chi connectivity index (χ4n) is 1.86. The summed E-state index contributed by atoms with van der Waals surface area (Å²) in [5, 5.41) is 16.0. The lowest BCUT2D eigenvalue weighted by molar-refractivity contribution is 0.0477. The molecule has 0 aliphatic heterocycles. The number of alkyl carbamates (subject to hydrolysis) is 1. The lowest BCUT2D eigenvalue weighted by Gasteiger charge is -2.22. The molecule has 0 aliphatic carbocycles. The largest absolute Gasteiger partial charge is 0.444 e. The van der Waals surface area contributed by atoms with Gasteiger partial charge in [-0.05, 0) is 47.2 Å². The van der Waals surface area contributed by atoms with Crippen LogP contribution in [0.25, 0.3) is 0 Å². The van der Waals surface area contributed by atoms with Gasteiger partial charge in [-0.2, -0.15) is 0 Å². The minimum Gasteiger partial charge on any atom is -0.444 e. The number of hydrogen-bond donors (Lipinski definition) is 1. The monoisotopic (exact) mass is 318 g/mol. The van der Waals surface area contributed by atoms with E-state index in [4.69, 9.17) is 4.74 Å². The molecule has 1 atom stereocenters. The summed E-state index contributed by atoms with van der Waals surface area (Å²) in [6, 6.07) is 8.36. The molecule has 0 unspecified atom stereocenters. The van der Waals surface area contributed by atoms with E-state index < -0.39 is 23.6 Å². The van der Waals surface area contributed by atoms with Gasteiger partial charge in [0.2, 0.25) is 0 Å². The Morgan fingerprint density at radius 1 is 1.17 bits per heavy atom. The van der Waals surface area contributed by atoms with E-state index in [1.807, 2.05) is 30.3 Å². The van der Waals surface area contributed by atoms with E-state index in [-0.39, 0.29) is 6.42 Å². The van der Waals surface area contributed by atoms with Crippen molar-refractivity contribution in [1.82, 2.24) is 31.0 Å². The van der Waals surface area contributed by atoms with Gasteiger partial charge in [0, 0.05) is 6.42 Å². The molecule has 1 aromatic carbocycles. The fourth-order valence-corrected chi connectivity index (χ4v) is 1.86. The van der Waals surface area contributed by atoms with E-state index in [9.17, 15) is 9.59 Å². The van der Waals surface area contributed by atoms with Gasteiger partial charge < -0.3 is 10.1 Å². The highest BCUT2D eigenvalue weighted by atomic mass is 16.6. The second-order valence-corrected chi connectivity index (χ2v) is 5.87. The van der Waals surface area contributed by atoms with Crippen LogP contribution in [0.1, 0.15) is 31.1 Å². The normalized spacial score (nSPS) is 12.5. The van der Waals surface area contributed by atoms with E-state index in [1.165, 1.54) is 0 Å². The van der Waals surface area contributed by atoms with Crippen molar-refractivity contribution in [3.05, 3.63) is 35.9 Å². The van der Waals surface area contributed by atoms with Crippen LogP contribution in [-0.2, 0) is 11.2 Å². The summed E-state index contributed by atoms with van der Waals surface area (Å²) in [6.45, 7) is 5.22. The molecule has 9 heteroatoms. The van der Waals surface area contributed by atoms with Crippen LogP contribution >= 0.6 is 0 Å². The van der Waals surface area contributed by atoms with Crippen LogP contribution in [0.3, 0.4) is 0 Å². The Hall–Kier alpha value is -2.84. The number of benzene rings is 1. The Morgan fingerprint density at radius 3 is 2.35 bits per heavy atom. The van der Waals surface area contributed by atoms with Crippen molar-refractivity contribution in [3.63, 3.8) is 0 Å². The first-order valence-electron chi connectivity index (χ1n) is 7.04. The first-order valence-corrected chi connectivity index (χ1v) is 7.04. The lowest BCUT2D eigenvalue weighted by Crippen LogP contribution is -2.47. The van der Waals surface area contributed by atoms with E-state index in [0.717, 1.165) is 10.4 Å². The fraction of sp³-hybridized carbons (Fsp3) is 0.429. The number of ether oxygens (including phenoxy) is 1. The van der Waals surface area contributed by atoms with Gasteiger partial charge in [-0.25, -0.2) is 4.79 Å². The van der Waals surface area contributed by atoms with E-state index in [0.29, 0.717) is 0 Å². The number of nitrogens with zero attached hydrogens (tertiary/aromatic N) is 5. The van der Waals surface area contributed by atoms with Crippen LogP contribution in [-0.4, -0.2) is 49.3 Å². The molecule has 0 bridgehead atoms. The standard InChI is InChI=1S/C14H18N6O3/c1-14(2,3)23-13(22)15-11(9-10-7-5-4-6-8-10)12(21)20-18-16-17-19-20/h4-8,11H,9H2,1-3H3,(H,15,22)/t11-/m0/s1. The number of hydrogen-bond acceptors (Lipinski definition) is 7. The number of carbonyl (C=O) groups excluding carboxylic acids is 2. The van der Waals surface area contributed by atoms with E-state index in [2.05, 4.69) is 26.2 Å². The molecule has 9 nitrogen and oxygen atoms in total. The second kappa shape index (κ2) is 6.95. The van der Waals surface area contributed by atoms with Crippen LogP contribution < -0.4 is 5.32 Å².